The lowest BCUT2D eigenvalue weighted by molar-refractivity contribution is -0.119. The van der Waals surface area contributed by atoms with Crippen LogP contribution in [0.1, 0.15) is 50.3 Å². The zero-order valence-electron chi connectivity index (χ0n) is 19.2. The van der Waals surface area contributed by atoms with Crippen molar-refractivity contribution in [1.82, 2.24) is 14.9 Å². The zero-order valence-corrected chi connectivity index (χ0v) is 20.0. The van der Waals surface area contributed by atoms with Gasteiger partial charge < -0.3 is 14.8 Å². The molecule has 0 aliphatic heterocycles. The molecular weight excluding hydrogens is 438 g/mol. The third-order valence-electron chi connectivity index (χ3n) is 6.08. The average molecular weight is 468 g/mol. The van der Waals surface area contributed by atoms with E-state index in [2.05, 4.69) is 5.32 Å². The monoisotopic (exact) mass is 467 g/mol. The number of fused-ring (bicyclic) bond motifs is 1. The van der Waals surface area contributed by atoms with Crippen LogP contribution < -0.4 is 20.3 Å². The van der Waals surface area contributed by atoms with Crippen LogP contribution in [0.25, 0.3) is 10.9 Å². The fourth-order valence-electron chi connectivity index (χ4n) is 4.38. The predicted octanol–water partition coefficient (Wildman–Crippen LogP) is 4.50. The first kappa shape index (κ1) is 23.2. The van der Waals surface area contributed by atoms with Crippen molar-refractivity contribution >= 4 is 28.6 Å². The van der Waals surface area contributed by atoms with Crippen molar-refractivity contribution in [2.75, 3.05) is 20.0 Å². The zero-order chi connectivity index (χ0) is 23.4. The molecule has 3 aromatic rings. The molecule has 0 saturated heterocycles. The number of aromatic nitrogens is 2. The predicted molar refractivity (Wildman–Crippen MR) is 130 cm³/mol. The Balaban J connectivity index is 1.53. The molecule has 1 aliphatic rings. The molecule has 1 heterocycles. The molecule has 1 atom stereocenters. The van der Waals surface area contributed by atoms with E-state index in [1.165, 1.54) is 11.8 Å². The molecule has 33 heavy (non-hydrogen) atoms. The van der Waals surface area contributed by atoms with Crippen molar-refractivity contribution in [3.63, 3.8) is 0 Å². The molecule has 0 bridgehead atoms. The second kappa shape index (κ2) is 10.3. The minimum atomic E-state index is -0.273. The molecule has 0 radical (unpaired) electrons. The number of benzene rings is 2. The maximum Gasteiger partial charge on any atom is 0.262 e. The molecule has 1 unspecified atom stereocenters. The summed E-state index contributed by atoms with van der Waals surface area (Å²) in [6, 6.07) is 12.8. The number of ether oxygens (including phenoxy) is 2. The molecule has 1 aromatic heterocycles. The summed E-state index contributed by atoms with van der Waals surface area (Å²) in [7, 11) is 3.20. The number of hydrogen-bond acceptors (Lipinski definition) is 6. The van der Waals surface area contributed by atoms with E-state index < -0.39 is 0 Å². The van der Waals surface area contributed by atoms with Gasteiger partial charge in [0.05, 0.1) is 36.9 Å². The van der Waals surface area contributed by atoms with Gasteiger partial charge in [0.1, 0.15) is 11.5 Å². The molecule has 1 fully saturated rings. The van der Waals surface area contributed by atoms with Gasteiger partial charge in [-0.1, -0.05) is 36.7 Å². The van der Waals surface area contributed by atoms with Crippen LogP contribution in [-0.2, 0) is 4.79 Å². The van der Waals surface area contributed by atoms with Gasteiger partial charge in [0.2, 0.25) is 5.91 Å². The van der Waals surface area contributed by atoms with E-state index in [0.29, 0.717) is 27.6 Å². The largest absolute Gasteiger partial charge is 0.497 e. The Morgan fingerprint density at radius 1 is 1.18 bits per heavy atom. The van der Waals surface area contributed by atoms with E-state index >= 15 is 0 Å². The van der Waals surface area contributed by atoms with Crippen molar-refractivity contribution in [3.8, 4) is 11.5 Å². The molecule has 174 valence electrons. The molecule has 4 rings (SSSR count). The number of carbonyl (C=O) groups is 1. The van der Waals surface area contributed by atoms with Crippen LogP contribution in [0, 0.1) is 0 Å². The molecule has 1 saturated carbocycles. The normalized spacial score (nSPS) is 14.9. The summed E-state index contributed by atoms with van der Waals surface area (Å²) in [5.41, 5.74) is 1.47. The lowest BCUT2D eigenvalue weighted by Crippen LogP contribution is -2.30. The smallest absolute Gasteiger partial charge is 0.262 e. The van der Waals surface area contributed by atoms with Crippen LogP contribution in [0.2, 0.25) is 0 Å². The fourth-order valence-corrected chi connectivity index (χ4v) is 5.26. The lowest BCUT2D eigenvalue weighted by atomic mass is 10.1. The Bertz CT molecular complexity index is 1200. The number of methoxy groups -OCH3 is 2. The number of amides is 1. The van der Waals surface area contributed by atoms with E-state index in [9.17, 15) is 9.59 Å². The molecule has 0 spiro atoms. The standard InChI is InChI=1S/C25H29N3O4S/c1-16(20-14-18(31-2)12-13-22(20)32-3)26-23(29)15-33-25-27-21-11-7-6-10-19(21)24(30)28(25)17-8-4-5-9-17/h6-7,10-14,16-17H,4-5,8-9,15H2,1-3H3,(H,26,29). The van der Waals surface area contributed by atoms with E-state index in [1.807, 2.05) is 54.0 Å². The summed E-state index contributed by atoms with van der Waals surface area (Å²) in [6.07, 6.45) is 4.14. The highest BCUT2D eigenvalue weighted by atomic mass is 32.2. The Morgan fingerprint density at radius 2 is 1.94 bits per heavy atom. The second-order valence-electron chi connectivity index (χ2n) is 8.21. The van der Waals surface area contributed by atoms with Gasteiger partial charge in [-0.2, -0.15) is 0 Å². The van der Waals surface area contributed by atoms with E-state index in [0.717, 1.165) is 31.2 Å². The summed E-state index contributed by atoms with van der Waals surface area (Å²) in [5.74, 6) is 1.40. The first-order valence-electron chi connectivity index (χ1n) is 11.2. The van der Waals surface area contributed by atoms with Crippen molar-refractivity contribution in [1.29, 1.82) is 0 Å². The summed E-state index contributed by atoms with van der Waals surface area (Å²) >= 11 is 1.31. The van der Waals surface area contributed by atoms with Gasteiger partial charge in [0, 0.05) is 11.6 Å². The van der Waals surface area contributed by atoms with Crippen LogP contribution >= 0.6 is 11.8 Å². The quantitative estimate of drug-likeness (QED) is 0.388. The SMILES string of the molecule is COc1ccc(OC)c(C(C)NC(=O)CSc2nc3ccccc3c(=O)n2C2CCCC2)c1. The first-order valence-corrected chi connectivity index (χ1v) is 12.2. The topological polar surface area (TPSA) is 82.5 Å². The van der Waals surface area contributed by atoms with Gasteiger partial charge in [-0.25, -0.2) is 4.98 Å². The number of hydrogen-bond donors (Lipinski definition) is 1. The van der Waals surface area contributed by atoms with Gasteiger partial charge in [0.25, 0.3) is 5.56 Å². The minimum Gasteiger partial charge on any atom is -0.497 e. The summed E-state index contributed by atoms with van der Waals surface area (Å²) < 4.78 is 12.6. The molecule has 2 aromatic carbocycles. The highest BCUT2D eigenvalue weighted by molar-refractivity contribution is 7.99. The lowest BCUT2D eigenvalue weighted by Gasteiger charge is -2.20. The summed E-state index contributed by atoms with van der Waals surface area (Å²) in [4.78, 5) is 30.8. The Labute approximate surface area is 197 Å². The van der Waals surface area contributed by atoms with Gasteiger partial charge in [-0.15, -0.1) is 0 Å². The number of carbonyl (C=O) groups excluding carboxylic acids is 1. The van der Waals surface area contributed by atoms with Gasteiger partial charge in [-0.3, -0.25) is 14.2 Å². The van der Waals surface area contributed by atoms with Crippen LogP contribution in [0.3, 0.4) is 0 Å². The molecular formula is C25H29N3O4S. The second-order valence-corrected chi connectivity index (χ2v) is 9.15. The molecule has 1 aliphatic carbocycles. The molecule has 1 N–H and O–H groups in total. The van der Waals surface area contributed by atoms with Gasteiger partial charge in [-0.05, 0) is 50.1 Å². The molecule has 7 nitrogen and oxygen atoms in total. The van der Waals surface area contributed by atoms with Crippen LogP contribution in [0.5, 0.6) is 11.5 Å². The summed E-state index contributed by atoms with van der Waals surface area (Å²) in [6.45, 7) is 1.91. The van der Waals surface area contributed by atoms with Gasteiger partial charge in [0.15, 0.2) is 5.16 Å². The number of rotatable bonds is 8. The molecule has 1 amide bonds. The number of para-hydroxylation sites is 1. The van der Waals surface area contributed by atoms with Crippen LogP contribution in [0.4, 0.5) is 0 Å². The maximum atomic E-state index is 13.3. The van der Waals surface area contributed by atoms with Crippen LogP contribution in [-0.4, -0.2) is 35.4 Å². The van der Waals surface area contributed by atoms with E-state index in [1.54, 1.807) is 14.2 Å². The van der Waals surface area contributed by atoms with Gasteiger partial charge >= 0.3 is 0 Å². The highest BCUT2D eigenvalue weighted by Gasteiger charge is 2.24. The Morgan fingerprint density at radius 3 is 2.67 bits per heavy atom. The molecule has 8 heteroatoms. The van der Waals surface area contributed by atoms with E-state index in [-0.39, 0.29) is 29.3 Å². The number of thioether (sulfide) groups is 1. The Hall–Kier alpha value is -3.00. The number of nitrogens with zero attached hydrogens (tertiary/aromatic N) is 2. The third-order valence-corrected chi connectivity index (χ3v) is 7.03. The Kier molecular flexibility index (Phi) is 7.23. The minimum absolute atomic E-state index is 0.0232. The van der Waals surface area contributed by atoms with Crippen molar-refractivity contribution in [3.05, 3.63) is 58.4 Å². The maximum absolute atomic E-state index is 13.3. The van der Waals surface area contributed by atoms with Crippen LogP contribution in [0.15, 0.2) is 52.4 Å². The van der Waals surface area contributed by atoms with Crippen molar-refractivity contribution < 1.29 is 14.3 Å². The summed E-state index contributed by atoms with van der Waals surface area (Å²) in [5, 5.41) is 4.25. The van der Waals surface area contributed by atoms with Crippen molar-refractivity contribution in [2.24, 2.45) is 0 Å². The third kappa shape index (κ3) is 5.00. The highest BCUT2D eigenvalue weighted by Crippen LogP contribution is 2.32. The average Bonchev–Trinajstić information content (AvgIpc) is 3.36. The van der Waals surface area contributed by atoms with E-state index in [4.69, 9.17) is 14.5 Å². The number of nitrogens with one attached hydrogen (secondary N) is 1. The first-order chi connectivity index (χ1) is 16.0. The fraction of sp³-hybridized carbons (Fsp3) is 0.400. The van der Waals surface area contributed by atoms with Crippen molar-refractivity contribution in [2.45, 2.75) is 49.8 Å².